The van der Waals surface area contributed by atoms with E-state index in [1.54, 1.807) is 54.6 Å². The minimum absolute atomic E-state index is 0.0791. The summed E-state index contributed by atoms with van der Waals surface area (Å²) >= 11 is 17.2. The first-order chi connectivity index (χ1) is 14.0. The molecular weight excluding hydrogens is 429 g/mol. The molecular formula is C21H13Cl2N3O2S. The molecule has 8 heteroatoms. The topological polar surface area (TPSA) is 78.1 Å². The van der Waals surface area contributed by atoms with Gasteiger partial charge in [-0.1, -0.05) is 35.3 Å². The van der Waals surface area contributed by atoms with Gasteiger partial charge in [-0.3, -0.25) is 10.1 Å². The number of nitrogens with zero attached hydrogens (tertiary/aromatic N) is 1. The van der Waals surface area contributed by atoms with E-state index in [-0.39, 0.29) is 5.11 Å². The van der Waals surface area contributed by atoms with Crippen molar-refractivity contribution in [1.82, 2.24) is 5.32 Å². The number of anilines is 1. The second kappa shape index (κ2) is 9.39. The second-order valence-electron chi connectivity index (χ2n) is 5.76. The number of halogens is 2. The third kappa shape index (κ3) is 5.46. The molecule has 1 heterocycles. The van der Waals surface area contributed by atoms with Gasteiger partial charge in [0.25, 0.3) is 0 Å². The third-order valence-corrected chi connectivity index (χ3v) is 4.51. The van der Waals surface area contributed by atoms with Gasteiger partial charge in [0.05, 0.1) is 16.3 Å². The van der Waals surface area contributed by atoms with Gasteiger partial charge in [-0.2, -0.15) is 5.26 Å². The molecule has 2 aromatic carbocycles. The van der Waals surface area contributed by atoms with Crippen LogP contribution in [0.15, 0.2) is 65.1 Å². The first-order valence-corrected chi connectivity index (χ1v) is 9.47. The molecule has 0 saturated heterocycles. The van der Waals surface area contributed by atoms with Gasteiger partial charge >= 0.3 is 0 Å². The Hall–Kier alpha value is -3.11. The number of hydrogen-bond acceptors (Lipinski definition) is 4. The lowest BCUT2D eigenvalue weighted by atomic mass is 10.2. The van der Waals surface area contributed by atoms with Crippen LogP contribution in [0.2, 0.25) is 10.0 Å². The molecule has 0 radical (unpaired) electrons. The molecule has 0 bridgehead atoms. The van der Waals surface area contributed by atoms with Crippen LogP contribution in [0, 0.1) is 11.3 Å². The fourth-order valence-corrected chi connectivity index (χ4v) is 3.14. The van der Waals surface area contributed by atoms with Crippen molar-refractivity contribution in [2.24, 2.45) is 0 Å². The molecule has 0 spiro atoms. The highest BCUT2D eigenvalue weighted by Crippen LogP contribution is 2.31. The van der Waals surface area contributed by atoms with Crippen LogP contribution >= 0.6 is 35.4 Å². The van der Waals surface area contributed by atoms with Gasteiger partial charge in [-0.25, -0.2) is 0 Å². The van der Waals surface area contributed by atoms with Crippen molar-refractivity contribution in [3.05, 3.63) is 82.0 Å². The van der Waals surface area contributed by atoms with Gasteiger partial charge in [-0.05, 0) is 60.8 Å². The van der Waals surface area contributed by atoms with E-state index in [4.69, 9.17) is 45.1 Å². The molecule has 0 fully saturated rings. The smallest absolute Gasteiger partial charge is 0.250 e. The second-order valence-corrected chi connectivity index (χ2v) is 7.01. The summed E-state index contributed by atoms with van der Waals surface area (Å²) in [5.74, 6) is 0.575. The Morgan fingerprint density at radius 1 is 1.14 bits per heavy atom. The maximum Gasteiger partial charge on any atom is 0.250 e. The monoisotopic (exact) mass is 441 g/mol. The largest absolute Gasteiger partial charge is 0.457 e. The van der Waals surface area contributed by atoms with Gasteiger partial charge < -0.3 is 9.73 Å². The zero-order chi connectivity index (χ0) is 20.8. The van der Waals surface area contributed by atoms with Crippen molar-refractivity contribution in [2.45, 2.75) is 0 Å². The van der Waals surface area contributed by atoms with Crippen molar-refractivity contribution in [2.75, 3.05) is 5.32 Å². The van der Waals surface area contributed by atoms with Crippen molar-refractivity contribution >= 4 is 58.2 Å². The molecule has 0 aliphatic carbocycles. The van der Waals surface area contributed by atoms with E-state index in [1.807, 2.05) is 6.07 Å². The van der Waals surface area contributed by atoms with Crippen LogP contribution in [0.5, 0.6) is 0 Å². The highest BCUT2D eigenvalue weighted by atomic mass is 35.5. The van der Waals surface area contributed by atoms with E-state index in [2.05, 4.69) is 10.6 Å². The average molecular weight is 442 g/mol. The molecule has 1 amide bonds. The van der Waals surface area contributed by atoms with E-state index in [0.717, 1.165) is 0 Å². The number of benzene rings is 2. The van der Waals surface area contributed by atoms with E-state index in [1.165, 1.54) is 12.2 Å². The van der Waals surface area contributed by atoms with Crippen molar-refractivity contribution < 1.29 is 9.21 Å². The summed E-state index contributed by atoms with van der Waals surface area (Å²) in [6.45, 7) is 0. The van der Waals surface area contributed by atoms with Gasteiger partial charge in [0, 0.05) is 16.7 Å². The Bertz CT molecular complexity index is 1150. The number of nitriles is 1. The van der Waals surface area contributed by atoms with Crippen molar-refractivity contribution in [1.29, 1.82) is 5.26 Å². The zero-order valence-corrected chi connectivity index (χ0v) is 17.1. The summed E-state index contributed by atoms with van der Waals surface area (Å²) in [7, 11) is 0. The number of amides is 1. The molecule has 0 aliphatic heterocycles. The Kier molecular flexibility index (Phi) is 6.68. The van der Waals surface area contributed by atoms with E-state index in [9.17, 15) is 4.79 Å². The molecule has 3 rings (SSSR count). The van der Waals surface area contributed by atoms with E-state index in [0.29, 0.717) is 38.4 Å². The van der Waals surface area contributed by atoms with Crippen LogP contribution in [-0.4, -0.2) is 11.0 Å². The summed E-state index contributed by atoms with van der Waals surface area (Å²) in [6, 6.07) is 17.4. The van der Waals surface area contributed by atoms with Crippen LogP contribution in [0.3, 0.4) is 0 Å². The Balaban J connectivity index is 1.62. The van der Waals surface area contributed by atoms with E-state index >= 15 is 0 Å². The number of carbonyl (C=O) groups is 1. The molecule has 3 aromatic rings. The minimum atomic E-state index is -0.445. The van der Waals surface area contributed by atoms with Gasteiger partial charge in [0.1, 0.15) is 17.6 Å². The quantitative estimate of drug-likeness (QED) is 0.403. The third-order valence-electron chi connectivity index (χ3n) is 3.75. The van der Waals surface area contributed by atoms with Crippen molar-refractivity contribution in [3.8, 4) is 17.4 Å². The fourth-order valence-electron chi connectivity index (χ4n) is 2.43. The van der Waals surface area contributed by atoms with Crippen LogP contribution in [0.1, 0.15) is 11.3 Å². The highest BCUT2D eigenvalue weighted by molar-refractivity contribution is 7.80. The molecule has 2 N–H and O–H groups in total. The fraction of sp³-hybridized carbons (Fsp3) is 0. The average Bonchev–Trinajstić information content (AvgIpc) is 3.15. The number of para-hydroxylation sites is 1. The number of furan rings is 1. The summed E-state index contributed by atoms with van der Waals surface area (Å²) in [4.78, 5) is 12.1. The molecule has 144 valence electrons. The Labute approximate surface area is 182 Å². The lowest BCUT2D eigenvalue weighted by molar-refractivity contribution is -0.115. The normalized spacial score (nSPS) is 10.5. The minimum Gasteiger partial charge on any atom is -0.457 e. The van der Waals surface area contributed by atoms with Gasteiger partial charge in [-0.15, -0.1) is 0 Å². The molecule has 1 aromatic heterocycles. The standard InChI is InChI=1S/C21H13Cl2N3O2S/c22-14-5-8-16(17(23)11-14)19-9-6-15(28-19)7-10-20(27)26-21(29)25-18-4-2-1-3-13(18)12-24/h1-11H,(H2,25,26,27,29)/b10-7+. The zero-order valence-electron chi connectivity index (χ0n) is 14.8. The Morgan fingerprint density at radius 2 is 1.93 bits per heavy atom. The summed E-state index contributed by atoms with van der Waals surface area (Å²) < 4.78 is 5.69. The highest BCUT2D eigenvalue weighted by Gasteiger charge is 2.09. The molecule has 0 unspecified atom stereocenters. The number of carbonyl (C=O) groups excluding carboxylic acids is 1. The maximum absolute atomic E-state index is 12.1. The predicted molar refractivity (Wildman–Crippen MR) is 119 cm³/mol. The number of hydrogen-bond donors (Lipinski definition) is 2. The van der Waals surface area contributed by atoms with E-state index < -0.39 is 5.91 Å². The Morgan fingerprint density at radius 3 is 2.69 bits per heavy atom. The first kappa shape index (κ1) is 20.6. The van der Waals surface area contributed by atoms with Crippen LogP contribution in [-0.2, 0) is 4.79 Å². The predicted octanol–water partition coefficient (Wildman–Crippen LogP) is 5.65. The van der Waals surface area contributed by atoms with Crippen LogP contribution in [0.25, 0.3) is 17.4 Å². The lowest BCUT2D eigenvalue weighted by Gasteiger charge is -2.09. The lowest BCUT2D eigenvalue weighted by Crippen LogP contribution is -2.33. The summed E-state index contributed by atoms with van der Waals surface area (Å²) in [6.07, 6.45) is 2.80. The van der Waals surface area contributed by atoms with Crippen LogP contribution in [0.4, 0.5) is 5.69 Å². The summed E-state index contributed by atoms with van der Waals surface area (Å²) in [5.41, 5.74) is 1.63. The number of thiocarbonyl (C=S) groups is 1. The van der Waals surface area contributed by atoms with Gasteiger partial charge in [0.2, 0.25) is 5.91 Å². The molecule has 5 nitrogen and oxygen atoms in total. The van der Waals surface area contributed by atoms with Gasteiger partial charge in [0.15, 0.2) is 5.11 Å². The maximum atomic E-state index is 12.1. The van der Waals surface area contributed by atoms with Crippen LogP contribution < -0.4 is 10.6 Å². The molecule has 0 atom stereocenters. The number of rotatable bonds is 4. The SMILES string of the molecule is N#Cc1ccccc1NC(=S)NC(=O)/C=C/c1ccc(-c2ccc(Cl)cc2Cl)o1. The molecule has 0 saturated carbocycles. The molecule has 0 aliphatic rings. The summed E-state index contributed by atoms with van der Waals surface area (Å²) in [5, 5.41) is 15.5. The van der Waals surface area contributed by atoms with Crippen molar-refractivity contribution in [3.63, 3.8) is 0 Å². The number of nitrogens with one attached hydrogen (secondary N) is 2. The first-order valence-electron chi connectivity index (χ1n) is 8.30. The molecule has 29 heavy (non-hydrogen) atoms.